The molecule has 4 N–H and O–H groups in total. The quantitative estimate of drug-likeness (QED) is 0.510. The van der Waals surface area contributed by atoms with Crippen LogP contribution in [-0.2, 0) is 14.3 Å². The van der Waals surface area contributed by atoms with E-state index in [1.807, 2.05) is 18.7 Å². The first kappa shape index (κ1) is 22.8. The van der Waals surface area contributed by atoms with Crippen LogP contribution in [0.3, 0.4) is 0 Å². The molecule has 1 aromatic carbocycles. The van der Waals surface area contributed by atoms with E-state index < -0.39 is 5.91 Å². The number of ether oxygens (including phenoxy) is 1. The summed E-state index contributed by atoms with van der Waals surface area (Å²) < 4.78 is 5.46. The highest BCUT2D eigenvalue weighted by molar-refractivity contribution is 6.03. The maximum atomic E-state index is 12.3. The lowest BCUT2D eigenvalue weighted by molar-refractivity contribution is -0.126. The fourth-order valence-electron chi connectivity index (χ4n) is 3.30. The second-order valence-electron chi connectivity index (χ2n) is 7.57. The number of hydrogen-bond acceptors (Lipinski definition) is 5. The third kappa shape index (κ3) is 7.83. The van der Waals surface area contributed by atoms with E-state index in [4.69, 9.17) is 10.5 Å². The molecule has 8 nitrogen and oxygen atoms in total. The molecule has 29 heavy (non-hydrogen) atoms. The van der Waals surface area contributed by atoms with Crippen LogP contribution in [0.15, 0.2) is 24.3 Å². The topological polar surface area (TPSA) is 114 Å². The molecule has 3 amide bonds. The van der Waals surface area contributed by atoms with Crippen molar-refractivity contribution in [3.8, 4) is 0 Å². The van der Waals surface area contributed by atoms with Crippen LogP contribution in [0.5, 0.6) is 0 Å². The van der Waals surface area contributed by atoms with Gasteiger partial charge in [-0.15, -0.1) is 0 Å². The zero-order chi connectivity index (χ0) is 21.2. The average Bonchev–Trinajstić information content (AvgIpc) is 2.68. The molecule has 0 radical (unpaired) electrons. The number of carbonyl (C=O) groups excluding carboxylic acids is 3. The second kappa shape index (κ2) is 11.5. The standard InChI is InChI=1S/C21H32N4O4/c1-15(2)29-13-5-10-23-21(28)16-8-11-25(12-9-16)14-19(26)24-18-7-4-3-6-17(18)20(22)27/h3-4,6-7,15-16H,5,8-14H2,1-2H3,(H2,22,27)(H,23,28)(H,24,26). The van der Waals surface area contributed by atoms with Crippen molar-refractivity contribution in [1.82, 2.24) is 10.2 Å². The summed E-state index contributed by atoms with van der Waals surface area (Å²) in [6.07, 6.45) is 2.45. The van der Waals surface area contributed by atoms with Gasteiger partial charge >= 0.3 is 0 Å². The Kier molecular flexibility index (Phi) is 9.08. The van der Waals surface area contributed by atoms with Crippen molar-refractivity contribution in [2.75, 3.05) is 38.1 Å². The van der Waals surface area contributed by atoms with E-state index in [2.05, 4.69) is 10.6 Å². The number of nitrogens with two attached hydrogens (primary N) is 1. The molecule has 0 aliphatic carbocycles. The summed E-state index contributed by atoms with van der Waals surface area (Å²) in [6.45, 7) is 6.82. The van der Waals surface area contributed by atoms with Gasteiger partial charge in [0.2, 0.25) is 11.8 Å². The van der Waals surface area contributed by atoms with Crippen molar-refractivity contribution in [2.45, 2.75) is 39.2 Å². The fraction of sp³-hybridized carbons (Fsp3) is 0.571. The fourth-order valence-corrected chi connectivity index (χ4v) is 3.30. The van der Waals surface area contributed by atoms with Crippen LogP contribution < -0.4 is 16.4 Å². The third-order valence-corrected chi connectivity index (χ3v) is 4.86. The summed E-state index contributed by atoms with van der Waals surface area (Å²) >= 11 is 0. The Morgan fingerprint density at radius 2 is 1.90 bits per heavy atom. The predicted octanol–water partition coefficient (Wildman–Crippen LogP) is 1.37. The highest BCUT2D eigenvalue weighted by atomic mass is 16.5. The number of piperidine rings is 1. The van der Waals surface area contributed by atoms with Crippen molar-refractivity contribution >= 4 is 23.4 Å². The van der Waals surface area contributed by atoms with Crippen molar-refractivity contribution in [3.63, 3.8) is 0 Å². The van der Waals surface area contributed by atoms with E-state index in [1.54, 1.807) is 24.3 Å². The van der Waals surface area contributed by atoms with Gasteiger partial charge in [0.05, 0.1) is 23.9 Å². The van der Waals surface area contributed by atoms with Gasteiger partial charge in [-0.2, -0.15) is 0 Å². The van der Waals surface area contributed by atoms with Gasteiger partial charge in [-0.3, -0.25) is 19.3 Å². The second-order valence-corrected chi connectivity index (χ2v) is 7.57. The highest BCUT2D eigenvalue weighted by Crippen LogP contribution is 2.18. The van der Waals surface area contributed by atoms with Crippen LogP contribution in [0.1, 0.15) is 43.5 Å². The number of amides is 3. The van der Waals surface area contributed by atoms with Gasteiger partial charge in [-0.25, -0.2) is 0 Å². The van der Waals surface area contributed by atoms with Crippen LogP contribution in [0.4, 0.5) is 5.69 Å². The lowest BCUT2D eigenvalue weighted by atomic mass is 9.96. The van der Waals surface area contributed by atoms with Crippen molar-refractivity contribution in [3.05, 3.63) is 29.8 Å². The maximum Gasteiger partial charge on any atom is 0.250 e. The van der Waals surface area contributed by atoms with Crippen molar-refractivity contribution in [1.29, 1.82) is 0 Å². The van der Waals surface area contributed by atoms with Crippen LogP contribution in [-0.4, -0.2) is 61.5 Å². The summed E-state index contributed by atoms with van der Waals surface area (Å²) in [7, 11) is 0. The molecule has 8 heteroatoms. The van der Waals surface area contributed by atoms with Gasteiger partial charge in [0.1, 0.15) is 0 Å². The number of para-hydroxylation sites is 1. The van der Waals surface area contributed by atoms with Crippen LogP contribution >= 0.6 is 0 Å². The number of nitrogens with zero attached hydrogens (tertiary/aromatic N) is 1. The predicted molar refractivity (Wildman–Crippen MR) is 111 cm³/mol. The van der Waals surface area contributed by atoms with Gasteiger partial charge in [0.25, 0.3) is 5.91 Å². The van der Waals surface area contributed by atoms with Gasteiger partial charge in [0, 0.05) is 19.1 Å². The summed E-state index contributed by atoms with van der Waals surface area (Å²) in [4.78, 5) is 38.1. The number of hydrogen-bond donors (Lipinski definition) is 3. The zero-order valence-corrected chi connectivity index (χ0v) is 17.3. The SMILES string of the molecule is CC(C)OCCCNC(=O)C1CCN(CC(=O)Nc2ccccc2C(N)=O)CC1. The Morgan fingerprint density at radius 1 is 1.21 bits per heavy atom. The monoisotopic (exact) mass is 404 g/mol. The van der Waals surface area contributed by atoms with Gasteiger partial charge in [0.15, 0.2) is 0 Å². The minimum atomic E-state index is -0.580. The summed E-state index contributed by atoms with van der Waals surface area (Å²) in [5.41, 5.74) is 6.04. The van der Waals surface area contributed by atoms with Gasteiger partial charge in [-0.05, 0) is 58.3 Å². The van der Waals surface area contributed by atoms with E-state index in [0.717, 1.165) is 19.3 Å². The minimum absolute atomic E-state index is 0.0177. The summed E-state index contributed by atoms with van der Waals surface area (Å²) in [6, 6.07) is 6.67. The number of primary amides is 1. The van der Waals surface area contributed by atoms with E-state index in [1.165, 1.54) is 0 Å². The van der Waals surface area contributed by atoms with Gasteiger partial charge < -0.3 is 21.1 Å². The van der Waals surface area contributed by atoms with Crippen LogP contribution in [0, 0.1) is 5.92 Å². The Labute approximate surface area is 172 Å². The first-order chi connectivity index (χ1) is 13.9. The largest absolute Gasteiger partial charge is 0.379 e. The molecule has 1 saturated heterocycles. The molecule has 0 atom stereocenters. The molecule has 2 rings (SSSR count). The molecule has 0 spiro atoms. The number of anilines is 1. The highest BCUT2D eigenvalue weighted by Gasteiger charge is 2.25. The average molecular weight is 405 g/mol. The van der Waals surface area contributed by atoms with E-state index >= 15 is 0 Å². The molecule has 0 bridgehead atoms. The molecule has 1 heterocycles. The molecule has 0 saturated carbocycles. The molecule has 1 aliphatic heterocycles. The molecular formula is C21H32N4O4. The maximum absolute atomic E-state index is 12.3. The third-order valence-electron chi connectivity index (χ3n) is 4.86. The molecule has 1 aliphatic rings. The van der Waals surface area contributed by atoms with E-state index in [0.29, 0.717) is 31.9 Å². The van der Waals surface area contributed by atoms with Crippen molar-refractivity contribution < 1.29 is 19.1 Å². The Balaban J connectivity index is 1.69. The number of rotatable bonds is 10. The number of likely N-dealkylation sites (tertiary alicyclic amines) is 1. The first-order valence-corrected chi connectivity index (χ1v) is 10.2. The zero-order valence-electron chi connectivity index (χ0n) is 17.3. The van der Waals surface area contributed by atoms with E-state index in [-0.39, 0.29) is 35.9 Å². The summed E-state index contributed by atoms with van der Waals surface area (Å²) in [5, 5.41) is 5.72. The lowest BCUT2D eigenvalue weighted by Crippen LogP contribution is -2.43. The molecule has 0 aromatic heterocycles. The Bertz CT molecular complexity index is 700. The lowest BCUT2D eigenvalue weighted by Gasteiger charge is -2.30. The van der Waals surface area contributed by atoms with Gasteiger partial charge in [-0.1, -0.05) is 12.1 Å². The van der Waals surface area contributed by atoms with Crippen molar-refractivity contribution in [2.24, 2.45) is 11.7 Å². The smallest absolute Gasteiger partial charge is 0.250 e. The number of carbonyl (C=O) groups is 3. The van der Waals surface area contributed by atoms with Crippen LogP contribution in [0.25, 0.3) is 0 Å². The Hall–Kier alpha value is -2.45. The first-order valence-electron chi connectivity index (χ1n) is 10.2. The Morgan fingerprint density at radius 3 is 2.55 bits per heavy atom. The number of benzene rings is 1. The van der Waals surface area contributed by atoms with E-state index in [9.17, 15) is 14.4 Å². The number of nitrogens with one attached hydrogen (secondary N) is 2. The molecule has 160 valence electrons. The molecule has 1 aromatic rings. The normalized spacial score (nSPS) is 15.3. The molecular weight excluding hydrogens is 372 g/mol. The summed E-state index contributed by atoms with van der Waals surface area (Å²) in [5.74, 6) is -0.722. The molecule has 1 fully saturated rings. The van der Waals surface area contributed by atoms with Crippen LogP contribution in [0.2, 0.25) is 0 Å². The minimum Gasteiger partial charge on any atom is -0.379 e. The molecule has 0 unspecified atom stereocenters.